The topological polar surface area (TPSA) is 50.8 Å². The van der Waals surface area contributed by atoms with Gasteiger partial charge in [-0.1, -0.05) is 6.07 Å². The molecule has 1 amide bonds. The molecule has 1 saturated heterocycles. The average Bonchev–Trinajstić information content (AvgIpc) is 2.55. The number of hydrogen-bond acceptors (Lipinski definition) is 4. The van der Waals surface area contributed by atoms with E-state index in [1.54, 1.807) is 14.2 Å². The highest BCUT2D eigenvalue weighted by atomic mass is 35.5. The minimum Gasteiger partial charge on any atom is -0.496 e. The van der Waals surface area contributed by atoms with Gasteiger partial charge in [-0.15, -0.1) is 12.4 Å². The number of ether oxygens (including phenoxy) is 2. The van der Waals surface area contributed by atoms with Gasteiger partial charge >= 0.3 is 0 Å². The van der Waals surface area contributed by atoms with Gasteiger partial charge in [0.05, 0.1) is 20.6 Å². The fourth-order valence-corrected chi connectivity index (χ4v) is 2.78. The van der Waals surface area contributed by atoms with Crippen LogP contribution >= 0.6 is 12.4 Å². The molecule has 0 aliphatic carbocycles. The van der Waals surface area contributed by atoms with Crippen LogP contribution in [0.25, 0.3) is 0 Å². The molecule has 0 aromatic heterocycles. The van der Waals surface area contributed by atoms with E-state index < -0.39 is 0 Å². The molecule has 0 bridgehead atoms. The van der Waals surface area contributed by atoms with Crippen LogP contribution in [0.5, 0.6) is 11.5 Å². The molecule has 1 aromatic carbocycles. The molecule has 0 unspecified atom stereocenters. The van der Waals surface area contributed by atoms with Gasteiger partial charge in [-0.2, -0.15) is 0 Å². The maximum absolute atomic E-state index is 12.5. The lowest BCUT2D eigenvalue weighted by Gasteiger charge is -2.32. The molecule has 1 fully saturated rings. The number of carbonyl (C=O) groups is 1. The van der Waals surface area contributed by atoms with Gasteiger partial charge in [-0.05, 0) is 38.1 Å². The molecule has 0 atom stereocenters. The summed E-state index contributed by atoms with van der Waals surface area (Å²) in [6.07, 6.45) is 2.31. The lowest BCUT2D eigenvalue weighted by atomic mass is 10.0. The molecule has 6 heteroatoms. The number of halogens is 1. The van der Waals surface area contributed by atoms with Crippen molar-refractivity contribution in [2.24, 2.45) is 0 Å². The second kappa shape index (κ2) is 8.86. The number of methoxy groups -OCH3 is 2. The summed E-state index contributed by atoms with van der Waals surface area (Å²) in [5.41, 5.74) is 0.813. The molecule has 0 saturated carbocycles. The molecule has 5 nitrogen and oxygen atoms in total. The van der Waals surface area contributed by atoms with Crippen molar-refractivity contribution >= 4 is 18.3 Å². The summed E-state index contributed by atoms with van der Waals surface area (Å²) in [5.74, 6) is 1.49. The van der Waals surface area contributed by atoms with E-state index in [1.165, 1.54) is 0 Å². The predicted molar refractivity (Wildman–Crippen MR) is 89.2 cm³/mol. The van der Waals surface area contributed by atoms with Crippen LogP contribution in [-0.4, -0.2) is 51.2 Å². The monoisotopic (exact) mass is 328 g/mol. The van der Waals surface area contributed by atoms with Crippen LogP contribution in [0.2, 0.25) is 0 Å². The van der Waals surface area contributed by atoms with Crippen molar-refractivity contribution in [1.29, 1.82) is 0 Å². The van der Waals surface area contributed by atoms with Crippen LogP contribution < -0.4 is 14.8 Å². The number of rotatable bonds is 5. The highest BCUT2D eigenvalue weighted by Gasteiger charge is 2.23. The number of nitrogens with zero attached hydrogens (tertiary/aromatic N) is 1. The Morgan fingerprint density at radius 1 is 1.23 bits per heavy atom. The van der Waals surface area contributed by atoms with Crippen LogP contribution in [0.1, 0.15) is 18.4 Å². The first kappa shape index (κ1) is 18.6. The van der Waals surface area contributed by atoms with Crippen LogP contribution in [0, 0.1) is 0 Å². The van der Waals surface area contributed by atoms with Crippen molar-refractivity contribution in [3.8, 4) is 11.5 Å². The zero-order chi connectivity index (χ0) is 15.2. The molecular weight excluding hydrogens is 304 g/mol. The Morgan fingerprint density at radius 3 is 2.27 bits per heavy atom. The Balaban J connectivity index is 0.00000242. The molecular formula is C16H25ClN2O3. The summed E-state index contributed by atoms with van der Waals surface area (Å²) in [5, 5.41) is 3.32. The van der Waals surface area contributed by atoms with E-state index in [-0.39, 0.29) is 18.3 Å². The van der Waals surface area contributed by atoms with Gasteiger partial charge in [0.1, 0.15) is 11.5 Å². The fraction of sp³-hybridized carbons (Fsp3) is 0.562. The van der Waals surface area contributed by atoms with Gasteiger partial charge in [-0.25, -0.2) is 0 Å². The molecule has 1 aliphatic heterocycles. The molecule has 2 rings (SSSR count). The smallest absolute Gasteiger partial charge is 0.227 e. The maximum Gasteiger partial charge on any atom is 0.227 e. The first-order valence-corrected chi connectivity index (χ1v) is 7.33. The minimum atomic E-state index is 0. The molecule has 22 heavy (non-hydrogen) atoms. The molecule has 0 radical (unpaired) electrons. The Morgan fingerprint density at radius 2 is 1.77 bits per heavy atom. The Hall–Kier alpha value is -1.46. The van der Waals surface area contributed by atoms with E-state index in [9.17, 15) is 4.79 Å². The number of piperidine rings is 1. The third-order valence-electron chi connectivity index (χ3n) is 4.11. The quantitative estimate of drug-likeness (QED) is 0.896. The molecule has 1 aromatic rings. The van der Waals surface area contributed by atoms with E-state index in [0.717, 1.165) is 31.5 Å². The van der Waals surface area contributed by atoms with Gasteiger partial charge in [0, 0.05) is 18.7 Å². The zero-order valence-corrected chi connectivity index (χ0v) is 14.2. The average molecular weight is 329 g/mol. The lowest BCUT2D eigenvalue weighted by Crippen LogP contribution is -2.44. The highest BCUT2D eigenvalue weighted by Crippen LogP contribution is 2.29. The predicted octanol–water partition coefficient (Wildman–Crippen LogP) is 1.88. The fourth-order valence-electron chi connectivity index (χ4n) is 2.78. The largest absolute Gasteiger partial charge is 0.496 e. The van der Waals surface area contributed by atoms with E-state index in [1.807, 2.05) is 30.1 Å². The van der Waals surface area contributed by atoms with Crippen molar-refractivity contribution in [3.63, 3.8) is 0 Å². The second-order valence-corrected chi connectivity index (χ2v) is 5.30. The summed E-state index contributed by atoms with van der Waals surface area (Å²) >= 11 is 0. The van der Waals surface area contributed by atoms with Gasteiger partial charge in [0.25, 0.3) is 0 Å². The third-order valence-corrected chi connectivity index (χ3v) is 4.11. The van der Waals surface area contributed by atoms with Crippen LogP contribution in [0.3, 0.4) is 0 Å². The Bertz CT molecular complexity index is 468. The van der Waals surface area contributed by atoms with Crippen LogP contribution in [0.4, 0.5) is 0 Å². The maximum atomic E-state index is 12.5. The Labute approximate surface area is 138 Å². The van der Waals surface area contributed by atoms with Crippen LogP contribution in [-0.2, 0) is 11.2 Å². The molecule has 1 N–H and O–H groups in total. The highest BCUT2D eigenvalue weighted by molar-refractivity contribution is 5.85. The van der Waals surface area contributed by atoms with Gasteiger partial charge < -0.3 is 19.7 Å². The van der Waals surface area contributed by atoms with Gasteiger partial charge in [-0.3, -0.25) is 4.79 Å². The number of hydrogen-bond donors (Lipinski definition) is 1. The summed E-state index contributed by atoms with van der Waals surface area (Å²) in [6.45, 7) is 1.94. The Kier molecular flexibility index (Phi) is 7.48. The zero-order valence-electron chi connectivity index (χ0n) is 13.4. The summed E-state index contributed by atoms with van der Waals surface area (Å²) < 4.78 is 10.7. The second-order valence-electron chi connectivity index (χ2n) is 5.30. The van der Waals surface area contributed by atoms with E-state index >= 15 is 0 Å². The first-order chi connectivity index (χ1) is 10.2. The van der Waals surface area contributed by atoms with Gasteiger partial charge in [0.2, 0.25) is 5.91 Å². The summed E-state index contributed by atoms with van der Waals surface area (Å²) in [6, 6.07) is 5.90. The summed E-state index contributed by atoms with van der Waals surface area (Å²) in [4.78, 5) is 14.4. The lowest BCUT2D eigenvalue weighted by molar-refractivity contribution is -0.131. The molecule has 1 aliphatic rings. The van der Waals surface area contributed by atoms with Crippen molar-refractivity contribution in [1.82, 2.24) is 10.2 Å². The number of amides is 1. The third kappa shape index (κ3) is 4.27. The van der Waals surface area contributed by atoms with Crippen molar-refractivity contribution in [2.45, 2.75) is 25.3 Å². The number of nitrogens with one attached hydrogen (secondary N) is 1. The first-order valence-electron chi connectivity index (χ1n) is 7.33. The normalized spacial score (nSPS) is 14.9. The number of benzene rings is 1. The van der Waals surface area contributed by atoms with E-state index in [2.05, 4.69) is 5.32 Å². The minimum absolute atomic E-state index is 0. The molecule has 1 heterocycles. The van der Waals surface area contributed by atoms with E-state index in [4.69, 9.17) is 9.47 Å². The van der Waals surface area contributed by atoms with Crippen molar-refractivity contribution in [3.05, 3.63) is 23.8 Å². The van der Waals surface area contributed by atoms with Crippen LogP contribution in [0.15, 0.2) is 18.2 Å². The van der Waals surface area contributed by atoms with Crippen molar-refractivity contribution in [2.75, 3.05) is 34.4 Å². The van der Waals surface area contributed by atoms with Gasteiger partial charge in [0.15, 0.2) is 0 Å². The SMILES string of the molecule is COc1cccc(OC)c1CC(=O)N(C)C1CCNCC1.Cl. The molecule has 124 valence electrons. The van der Waals surface area contributed by atoms with Crippen molar-refractivity contribution < 1.29 is 14.3 Å². The number of likely N-dealkylation sites (N-methyl/N-ethyl adjacent to an activating group) is 1. The standard InChI is InChI=1S/C16H24N2O3.ClH/c1-18(12-7-9-17-10-8-12)16(19)11-13-14(20-2)5-4-6-15(13)21-3;/h4-6,12,17H,7-11H2,1-3H3;1H. The number of carbonyl (C=O) groups excluding carboxylic acids is 1. The summed E-state index contributed by atoms with van der Waals surface area (Å²) in [7, 11) is 5.11. The van der Waals surface area contributed by atoms with E-state index in [0.29, 0.717) is 24.0 Å². The molecule has 0 spiro atoms.